The van der Waals surface area contributed by atoms with Gasteiger partial charge in [0.05, 0.1) is 35.3 Å². The highest BCUT2D eigenvalue weighted by Gasteiger charge is 2.26. The summed E-state index contributed by atoms with van der Waals surface area (Å²) in [5.74, 6) is 0.636. The lowest BCUT2D eigenvalue weighted by atomic mass is 10.1. The molecule has 1 aliphatic heterocycles. The Labute approximate surface area is 250 Å². The first kappa shape index (κ1) is 28.2. The number of hydrogen-bond donors (Lipinski definition) is 1. The van der Waals surface area contributed by atoms with E-state index < -0.39 is 5.60 Å². The van der Waals surface area contributed by atoms with E-state index in [-0.39, 0.29) is 12.0 Å². The standard InChI is InChI=1S/C32H36N8O3/c1-5-23-29-24(35-30(41)26-20-33-27-13-6-7-15-39(26)27)11-9-12-25(29)40(36-23)21-22-10-8-14-28(34-22)37-16-18-38(19-17-37)31(42)43-32(2,3)4/h6-15,20H,5,16-19,21H2,1-4H3,(H,35,41). The van der Waals surface area contributed by atoms with Crippen LogP contribution in [0, 0.1) is 0 Å². The molecule has 0 aliphatic carbocycles. The zero-order chi connectivity index (χ0) is 30.1. The Morgan fingerprint density at radius 1 is 0.977 bits per heavy atom. The summed E-state index contributed by atoms with van der Waals surface area (Å²) >= 11 is 0. The van der Waals surface area contributed by atoms with Crippen LogP contribution in [-0.4, -0.2) is 72.8 Å². The molecule has 43 heavy (non-hydrogen) atoms. The number of aryl methyl sites for hydroxylation is 1. The maximum Gasteiger partial charge on any atom is 0.410 e. The number of nitrogens with one attached hydrogen (secondary N) is 1. The summed E-state index contributed by atoms with van der Waals surface area (Å²) in [7, 11) is 0. The minimum Gasteiger partial charge on any atom is -0.444 e. The number of amides is 2. The number of pyridine rings is 2. The molecule has 0 radical (unpaired) electrons. The molecule has 0 bridgehead atoms. The van der Waals surface area contributed by atoms with Gasteiger partial charge in [-0.15, -0.1) is 0 Å². The van der Waals surface area contributed by atoms with E-state index in [1.165, 1.54) is 0 Å². The van der Waals surface area contributed by atoms with Gasteiger partial charge in [-0.25, -0.2) is 14.8 Å². The highest BCUT2D eigenvalue weighted by Crippen LogP contribution is 2.29. The molecular formula is C32H36N8O3. The number of anilines is 2. The van der Waals surface area contributed by atoms with Crippen LogP contribution in [0.5, 0.6) is 0 Å². The lowest BCUT2D eigenvalue weighted by molar-refractivity contribution is 0.0240. The van der Waals surface area contributed by atoms with Crippen molar-refractivity contribution >= 4 is 40.1 Å². The lowest BCUT2D eigenvalue weighted by Crippen LogP contribution is -2.50. The third-order valence-corrected chi connectivity index (χ3v) is 7.44. The zero-order valence-corrected chi connectivity index (χ0v) is 24.9. The molecule has 2 amide bonds. The number of rotatable bonds is 6. The van der Waals surface area contributed by atoms with Gasteiger partial charge in [0, 0.05) is 37.8 Å². The predicted octanol–water partition coefficient (Wildman–Crippen LogP) is 5.00. The number of hydrogen-bond acceptors (Lipinski definition) is 7. The highest BCUT2D eigenvalue weighted by atomic mass is 16.6. The molecule has 1 saturated heterocycles. The number of nitrogens with zero attached hydrogens (tertiary/aromatic N) is 7. The Bertz CT molecular complexity index is 1790. The van der Waals surface area contributed by atoms with Gasteiger partial charge in [0.2, 0.25) is 0 Å². The second kappa shape index (κ2) is 11.4. The van der Waals surface area contributed by atoms with Crippen molar-refractivity contribution in [2.24, 2.45) is 0 Å². The van der Waals surface area contributed by atoms with Gasteiger partial charge in [-0.1, -0.05) is 25.1 Å². The second-order valence-corrected chi connectivity index (χ2v) is 11.6. The van der Waals surface area contributed by atoms with Crippen LogP contribution in [-0.2, 0) is 17.7 Å². The zero-order valence-electron chi connectivity index (χ0n) is 24.9. The quantitative estimate of drug-likeness (QED) is 0.301. The molecule has 0 atom stereocenters. The number of fused-ring (bicyclic) bond motifs is 2. The lowest BCUT2D eigenvalue weighted by Gasteiger charge is -2.36. The Kier molecular flexibility index (Phi) is 7.47. The maximum atomic E-state index is 13.3. The van der Waals surface area contributed by atoms with Crippen LogP contribution in [0.3, 0.4) is 0 Å². The summed E-state index contributed by atoms with van der Waals surface area (Å²) in [6, 6.07) is 17.5. The highest BCUT2D eigenvalue weighted by molar-refractivity contribution is 6.08. The van der Waals surface area contributed by atoms with Gasteiger partial charge in [0.1, 0.15) is 22.8 Å². The third kappa shape index (κ3) is 5.88. The number of carbonyl (C=O) groups excluding carboxylic acids is 2. The van der Waals surface area contributed by atoms with Gasteiger partial charge < -0.3 is 19.9 Å². The summed E-state index contributed by atoms with van der Waals surface area (Å²) in [5.41, 5.74) is 4.07. The van der Waals surface area contributed by atoms with Crippen LogP contribution in [0.25, 0.3) is 16.6 Å². The molecule has 222 valence electrons. The molecule has 1 fully saturated rings. The van der Waals surface area contributed by atoms with Gasteiger partial charge in [-0.3, -0.25) is 13.9 Å². The molecular weight excluding hydrogens is 544 g/mol. The SMILES string of the molecule is CCc1nn(Cc2cccc(N3CCN(C(=O)OC(C)(C)C)CC3)n2)c2cccc(NC(=O)c3cnc4ccccn34)c12. The monoisotopic (exact) mass is 580 g/mol. The average molecular weight is 581 g/mol. The van der Waals surface area contributed by atoms with E-state index >= 15 is 0 Å². The molecule has 0 spiro atoms. The number of benzene rings is 1. The molecule has 4 aromatic heterocycles. The molecule has 1 N–H and O–H groups in total. The van der Waals surface area contributed by atoms with E-state index in [2.05, 4.69) is 22.1 Å². The van der Waals surface area contributed by atoms with Crippen LogP contribution < -0.4 is 10.2 Å². The first-order valence-electron chi connectivity index (χ1n) is 14.6. The van der Waals surface area contributed by atoms with Crippen molar-refractivity contribution in [2.45, 2.75) is 46.3 Å². The fourth-order valence-corrected chi connectivity index (χ4v) is 5.40. The molecule has 11 nitrogen and oxygen atoms in total. The number of carbonyl (C=O) groups is 2. The van der Waals surface area contributed by atoms with E-state index in [4.69, 9.17) is 14.8 Å². The molecule has 1 aromatic carbocycles. The molecule has 5 aromatic rings. The number of aromatic nitrogens is 5. The number of piperazine rings is 1. The van der Waals surface area contributed by atoms with Crippen LogP contribution in [0.15, 0.2) is 67.0 Å². The molecule has 0 unspecified atom stereocenters. The largest absolute Gasteiger partial charge is 0.444 e. The van der Waals surface area contributed by atoms with Crippen LogP contribution in [0.2, 0.25) is 0 Å². The average Bonchev–Trinajstić information content (AvgIpc) is 3.59. The summed E-state index contributed by atoms with van der Waals surface area (Å²) in [5, 5.41) is 8.93. The van der Waals surface area contributed by atoms with E-state index in [1.807, 2.05) is 86.2 Å². The Morgan fingerprint density at radius 2 is 1.77 bits per heavy atom. The molecule has 5 heterocycles. The van der Waals surface area contributed by atoms with Crippen molar-refractivity contribution in [1.82, 2.24) is 29.0 Å². The summed E-state index contributed by atoms with van der Waals surface area (Å²) in [6.45, 7) is 10.7. The fraction of sp³-hybridized carbons (Fsp3) is 0.344. The van der Waals surface area contributed by atoms with Crippen molar-refractivity contribution in [3.8, 4) is 0 Å². The fourth-order valence-electron chi connectivity index (χ4n) is 5.40. The van der Waals surface area contributed by atoms with Crippen molar-refractivity contribution in [1.29, 1.82) is 0 Å². The minimum atomic E-state index is -0.514. The van der Waals surface area contributed by atoms with Crippen LogP contribution in [0.4, 0.5) is 16.3 Å². The van der Waals surface area contributed by atoms with Gasteiger partial charge in [-0.05, 0) is 63.6 Å². The first-order chi connectivity index (χ1) is 20.7. The topological polar surface area (TPSA) is 110 Å². The minimum absolute atomic E-state index is 0.234. The van der Waals surface area contributed by atoms with Gasteiger partial charge >= 0.3 is 6.09 Å². The second-order valence-electron chi connectivity index (χ2n) is 11.6. The predicted molar refractivity (Wildman–Crippen MR) is 166 cm³/mol. The van der Waals surface area contributed by atoms with Crippen LogP contribution >= 0.6 is 0 Å². The molecule has 11 heteroatoms. The third-order valence-electron chi connectivity index (χ3n) is 7.44. The van der Waals surface area contributed by atoms with Gasteiger partial charge in [0.15, 0.2) is 0 Å². The van der Waals surface area contributed by atoms with Crippen molar-refractivity contribution in [3.05, 3.63) is 84.1 Å². The first-order valence-corrected chi connectivity index (χ1v) is 14.6. The number of imidazole rings is 1. The Hall–Kier alpha value is -4.93. The summed E-state index contributed by atoms with van der Waals surface area (Å²) < 4.78 is 9.25. The number of ether oxygens (including phenoxy) is 1. The van der Waals surface area contributed by atoms with E-state index in [0.717, 1.165) is 28.1 Å². The Balaban J connectivity index is 1.20. The normalized spacial score (nSPS) is 14.0. The molecule has 0 saturated carbocycles. The Morgan fingerprint density at radius 3 is 2.53 bits per heavy atom. The van der Waals surface area contributed by atoms with Gasteiger partial charge in [0.25, 0.3) is 5.91 Å². The van der Waals surface area contributed by atoms with Crippen molar-refractivity contribution in [3.63, 3.8) is 0 Å². The van der Waals surface area contributed by atoms with E-state index in [0.29, 0.717) is 56.2 Å². The van der Waals surface area contributed by atoms with Gasteiger partial charge in [-0.2, -0.15) is 5.10 Å². The van der Waals surface area contributed by atoms with Crippen LogP contribution in [0.1, 0.15) is 49.6 Å². The summed E-state index contributed by atoms with van der Waals surface area (Å²) in [6.07, 6.45) is 3.85. The molecule has 6 rings (SSSR count). The molecule has 1 aliphatic rings. The van der Waals surface area contributed by atoms with Crippen molar-refractivity contribution < 1.29 is 14.3 Å². The van der Waals surface area contributed by atoms with E-state index in [1.54, 1.807) is 15.5 Å². The smallest absolute Gasteiger partial charge is 0.410 e. The van der Waals surface area contributed by atoms with E-state index in [9.17, 15) is 9.59 Å². The summed E-state index contributed by atoms with van der Waals surface area (Å²) in [4.78, 5) is 39.0. The maximum absolute atomic E-state index is 13.3. The van der Waals surface area contributed by atoms with Crippen molar-refractivity contribution in [2.75, 3.05) is 36.4 Å².